The molecule has 1 aromatic heterocycles. The van der Waals surface area contributed by atoms with E-state index in [9.17, 15) is 19.2 Å². The van der Waals surface area contributed by atoms with Crippen molar-refractivity contribution >= 4 is 40.2 Å². The van der Waals surface area contributed by atoms with Crippen LogP contribution in [0.5, 0.6) is 0 Å². The van der Waals surface area contributed by atoms with Crippen molar-refractivity contribution in [3.63, 3.8) is 0 Å². The molecule has 0 aromatic carbocycles. The number of aryl methyl sites for hydroxylation is 1. The Morgan fingerprint density at radius 2 is 1.67 bits per heavy atom. The highest BCUT2D eigenvalue weighted by molar-refractivity contribution is 7.17. The Morgan fingerprint density at radius 3 is 2.33 bits per heavy atom. The van der Waals surface area contributed by atoms with Gasteiger partial charge in [-0.25, -0.2) is 14.4 Å². The van der Waals surface area contributed by atoms with E-state index in [0.29, 0.717) is 10.6 Å². The third kappa shape index (κ3) is 5.65. The number of amides is 1. The Balaban J connectivity index is 1.95. The van der Waals surface area contributed by atoms with Crippen LogP contribution in [0, 0.1) is 0 Å². The highest BCUT2D eigenvalue weighted by Crippen LogP contribution is 2.39. The lowest BCUT2D eigenvalue weighted by Gasteiger charge is -2.08. The minimum atomic E-state index is -0.850. The van der Waals surface area contributed by atoms with Gasteiger partial charge in [-0.3, -0.25) is 4.79 Å². The van der Waals surface area contributed by atoms with E-state index in [4.69, 9.17) is 9.47 Å². The molecule has 0 atom stereocenters. The normalized spacial score (nSPS) is 12.5. The molecule has 27 heavy (non-hydrogen) atoms. The van der Waals surface area contributed by atoms with Gasteiger partial charge in [-0.1, -0.05) is 0 Å². The summed E-state index contributed by atoms with van der Waals surface area (Å²) in [5.74, 6) is -2.58. The Labute approximate surface area is 160 Å². The third-order valence-corrected chi connectivity index (χ3v) is 4.85. The summed E-state index contributed by atoms with van der Waals surface area (Å²) in [6, 6.07) is 0. The van der Waals surface area contributed by atoms with E-state index in [1.54, 1.807) is 13.8 Å². The van der Waals surface area contributed by atoms with Crippen molar-refractivity contribution in [3.05, 3.63) is 28.2 Å². The SMILES string of the molecule is CCOC(=O)C=CC(=O)OCC(=O)Nc1sc2c(c1C(=O)OCC)CCC2. The molecule has 9 heteroatoms. The molecule has 1 aromatic rings. The average Bonchev–Trinajstić information content (AvgIpc) is 3.19. The van der Waals surface area contributed by atoms with Gasteiger partial charge in [-0.05, 0) is 38.7 Å². The second kappa shape index (κ2) is 9.86. The molecule has 2 rings (SSSR count). The van der Waals surface area contributed by atoms with Gasteiger partial charge in [0.2, 0.25) is 0 Å². The number of anilines is 1. The molecule has 1 amide bonds. The number of rotatable bonds is 8. The lowest BCUT2D eigenvalue weighted by atomic mass is 10.1. The lowest BCUT2D eigenvalue weighted by molar-refractivity contribution is -0.143. The predicted molar refractivity (Wildman–Crippen MR) is 97.7 cm³/mol. The maximum Gasteiger partial charge on any atom is 0.341 e. The Morgan fingerprint density at radius 1 is 1.00 bits per heavy atom. The van der Waals surface area contributed by atoms with Crippen molar-refractivity contribution in [1.82, 2.24) is 0 Å². The summed E-state index contributed by atoms with van der Waals surface area (Å²) in [5, 5.41) is 3.01. The first-order valence-corrected chi connectivity index (χ1v) is 9.41. The van der Waals surface area contributed by atoms with E-state index >= 15 is 0 Å². The molecule has 1 aliphatic rings. The van der Waals surface area contributed by atoms with Crippen LogP contribution in [0.1, 0.15) is 41.1 Å². The first-order valence-electron chi connectivity index (χ1n) is 8.59. The molecule has 0 unspecified atom stereocenters. The molecular formula is C18H21NO7S. The monoisotopic (exact) mass is 395 g/mol. The largest absolute Gasteiger partial charge is 0.463 e. The molecule has 0 saturated carbocycles. The van der Waals surface area contributed by atoms with Crippen molar-refractivity contribution in [2.24, 2.45) is 0 Å². The number of hydrogen-bond acceptors (Lipinski definition) is 8. The van der Waals surface area contributed by atoms with Gasteiger partial charge >= 0.3 is 17.9 Å². The van der Waals surface area contributed by atoms with Gasteiger partial charge in [0, 0.05) is 17.0 Å². The topological polar surface area (TPSA) is 108 Å². The van der Waals surface area contributed by atoms with Gasteiger partial charge in [-0.15, -0.1) is 11.3 Å². The fourth-order valence-corrected chi connectivity index (χ4v) is 3.88. The summed E-state index contributed by atoms with van der Waals surface area (Å²) in [7, 11) is 0. The first-order chi connectivity index (χ1) is 13.0. The maximum atomic E-state index is 12.2. The fraction of sp³-hybridized carbons (Fsp3) is 0.444. The highest BCUT2D eigenvalue weighted by Gasteiger charge is 2.28. The molecule has 0 aliphatic heterocycles. The van der Waals surface area contributed by atoms with Crippen LogP contribution < -0.4 is 5.32 Å². The molecule has 0 bridgehead atoms. The molecule has 8 nitrogen and oxygen atoms in total. The van der Waals surface area contributed by atoms with Crippen LogP contribution >= 0.6 is 11.3 Å². The van der Waals surface area contributed by atoms with Gasteiger partial charge in [-0.2, -0.15) is 0 Å². The molecule has 0 saturated heterocycles. The van der Waals surface area contributed by atoms with Gasteiger partial charge in [0.1, 0.15) is 5.00 Å². The Hall–Kier alpha value is -2.68. The molecule has 0 spiro atoms. The van der Waals surface area contributed by atoms with Crippen LogP contribution in [0.15, 0.2) is 12.2 Å². The number of carbonyl (C=O) groups excluding carboxylic acids is 4. The zero-order chi connectivity index (χ0) is 19.8. The lowest BCUT2D eigenvalue weighted by Crippen LogP contribution is -2.21. The highest BCUT2D eigenvalue weighted by atomic mass is 32.1. The van der Waals surface area contributed by atoms with Crippen molar-refractivity contribution < 1.29 is 33.4 Å². The molecule has 0 fully saturated rings. The summed E-state index contributed by atoms with van der Waals surface area (Å²) < 4.78 is 14.5. The average molecular weight is 395 g/mol. The van der Waals surface area contributed by atoms with Gasteiger partial charge in [0.15, 0.2) is 6.61 Å². The van der Waals surface area contributed by atoms with Gasteiger partial charge in [0.05, 0.1) is 18.8 Å². The van der Waals surface area contributed by atoms with E-state index < -0.39 is 30.4 Å². The van der Waals surface area contributed by atoms with E-state index in [2.05, 4.69) is 10.1 Å². The number of nitrogens with one attached hydrogen (secondary N) is 1. The number of ether oxygens (including phenoxy) is 3. The van der Waals surface area contributed by atoms with E-state index in [1.165, 1.54) is 11.3 Å². The molecule has 1 aliphatic carbocycles. The first kappa shape index (κ1) is 20.6. The van der Waals surface area contributed by atoms with Crippen LogP contribution in [-0.2, 0) is 41.4 Å². The minimum absolute atomic E-state index is 0.189. The molecule has 1 heterocycles. The quantitative estimate of drug-likeness (QED) is 0.407. The van der Waals surface area contributed by atoms with Crippen molar-refractivity contribution in [2.75, 3.05) is 25.1 Å². The van der Waals surface area contributed by atoms with Crippen LogP contribution in [0.25, 0.3) is 0 Å². The van der Waals surface area contributed by atoms with Crippen LogP contribution in [-0.4, -0.2) is 43.6 Å². The summed E-state index contributed by atoms with van der Waals surface area (Å²) in [4.78, 5) is 48.0. The van der Waals surface area contributed by atoms with E-state index in [0.717, 1.165) is 41.9 Å². The third-order valence-electron chi connectivity index (χ3n) is 3.64. The Bertz CT molecular complexity index is 766. The van der Waals surface area contributed by atoms with Crippen LogP contribution in [0.3, 0.4) is 0 Å². The molecule has 146 valence electrons. The summed E-state index contributed by atoms with van der Waals surface area (Å²) in [6.07, 6.45) is 4.40. The van der Waals surface area contributed by atoms with Crippen LogP contribution in [0.4, 0.5) is 5.00 Å². The number of hydrogen-bond donors (Lipinski definition) is 1. The number of thiophene rings is 1. The Kier molecular flexibility index (Phi) is 7.54. The summed E-state index contributed by atoms with van der Waals surface area (Å²) in [6.45, 7) is 3.23. The summed E-state index contributed by atoms with van der Waals surface area (Å²) in [5.41, 5.74) is 1.30. The second-order valence-electron chi connectivity index (χ2n) is 5.52. The van der Waals surface area contributed by atoms with Crippen molar-refractivity contribution in [1.29, 1.82) is 0 Å². The van der Waals surface area contributed by atoms with Crippen LogP contribution in [0.2, 0.25) is 0 Å². The summed E-state index contributed by atoms with van der Waals surface area (Å²) >= 11 is 1.34. The van der Waals surface area contributed by atoms with Crippen molar-refractivity contribution in [3.8, 4) is 0 Å². The number of carbonyl (C=O) groups is 4. The zero-order valence-electron chi connectivity index (χ0n) is 15.2. The van der Waals surface area contributed by atoms with Gasteiger partial charge in [0.25, 0.3) is 5.91 Å². The standard InChI is InChI=1S/C18H21NO7S/c1-3-24-14(21)8-9-15(22)26-10-13(20)19-17-16(18(23)25-4-2)11-6-5-7-12(11)27-17/h8-9H,3-7,10H2,1-2H3,(H,19,20). The predicted octanol–water partition coefficient (Wildman–Crippen LogP) is 2.01. The molecule has 0 radical (unpaired) electrons. The van der Waals surface area contributed by atoms with Gasteiger partial charge < -0.3 is 19.5 Å². The van der Waals surface area contributed by atoms with Crippen molar-refractivity contribution in [2.45, 2.75) is 33.1 Å². The van der Waals surface area contributed by atoms with E-state index in [-0.39, 0.29) is 13.2 Å². The molecule has 1 N–H and O–H groups in total. The second-order valence-corrected chi connectivity index (χ2v) is 6.63. The van der Waals surface area contributed by atoms with E-state index in [1.807, 2.05) is 0 Å². The maximum absolute atomic E-state index is 12.2. The minimum Gasteiger partial charge on any atom is -0.463 e. The smallest absolute Gasteiger partial charge is 0.341 e. The molecular weight excluding hydrogens is 374 g/mol. The number of esters is 3. The fourth-order valence-electron chi connectivity index (χ4n) is 2.59. The number of fused-ring (bicyclic) bond motifs is 1. The zero-order valence-corrected chi connectivity index (χ0v) is 16.0.